The molecular weight excluding hydrogens is 470 g/mol. The summed E-state index contributed by atoms with van der Waals surface area (Å²) >= 11 is 1.43. The van der Waals surface area contributed by atoms with Crippen molar-refractivity contribution >= 4 is 43.9 Å². The molecule has 0 spiro atoms. The maximum atomic E-state index is 12.5. The minimum Gasteiger partial charge on any atom is -0.396 e. The number of thiophene rings is 1. The number of fused-ring (bicyclic) bond motifs is 1. The van der Waals surface area contributed by atoms with Crippen molar-refractivity contribution in [2.45, 2.75) is 6.92 Å². The Labute approximate surface area is 204 Å². The zero-order valence-corrected chi connectivity index (χ0v) is 20.5. The second kappa shape index (κ2) is 10.7. The molecule has 0 bridgehead atoms. The standard InChI is InChI=1S/C25H27N3O4S2/c1-18(17-29)16-27-34(30,31)24(15-26)14-23-6-7-25(33-23)21-3-2-20-13-22(5-4-19(20)12-21)28-8-10-32-11-9-28/h2-7,12-14,18,27,29H,8-11,16-17H2,1H3/b24-14+. The van der Waals surface area contributed by atoms with Gasteiger partial charge < -0.3 is 14.7 Å². The number of nitrogens with zero attached hydrogens (tertiary/aromatic N) is 2. The van der Waals surface area contributed by atoms with Gasteiger partial charge in [-0.2, -0.15) is 5.26 Å². The summed E-state index contributed by atoms with van der Waals surface area (Å²) in [5.41, 5.74) is 2.23. The predicted octanol–water partition coefficient (Wildman–Crippen LogP) is 3.82. The molecule has 34 heavy (non-hydrogen) atoms. The van der Waals surface area contributed by atoms with Crippen LogP contribution in [0.4, 0.5) is 5.69 Å². The van der Waals surface area contributed by atoms with Gasteiger partial charge in [-0.3, -0.25) is 0 Å². The summed E-state index contributed by atoms with van der Waals surface area (Å²) in [5.74, 6) is -0.235. The van der Waals surface area contributed by atoms with Gasteiger partial charge in [0.1, 0.15) is 6.07 Å². The van der Waals surface area contributed by atoms with E-state index in [0.717, 1.165) is 47.5 Å². The number of nitrogens with one attached hydrogen (secondary N) is 1. The van der Waals surface area contributed by atoms with Crippen molar-refractivity contribution in [1.29, 1.82) is 5.26 Å². The minimum atomic E-state index is -3.94. The number of morpholine rings is 1. The molecule has 0 saturated carbocycles. The number of hydrogen-bond acceptors (Lipinski definition) is 7. The Morgan fingerprint density at radius 2 is 1.94 bits per heavy atom. The molecule has 4 rings (SSSR count). The molecule has 9 heteroatoms. The minimum absolute atomic E-state index is 0.0673. The van der Waals surface area contributed by atoms with Gasteiger partial charge in [0, 0.05) is 41.7 Å². The van der Waals surface area contributed by atoms with Gasteiger partial charge in [0.2, 0.25) is 0 Å². The van der Waals surface area contributed by atoms with Crippen LogP contribution in [0.2, 0.25) is 0 Å². The zero-order valence-electron chi connectivity index (χ0n) is 18.9. The molecule has 1 aliphatic rings. The summed E-state index contributed by atoms with van der Waals surface area (Å²) in [6.07, 6.45) is 1.38. The third kappa shape index (κ3) is 5.66. The van der Waals surface area contributed by atoms with Crippen molar-refractivity contribution < 1.29 is 18.3 Å². The number of sulfonamides is 1. The Morgan fingerprint density at radius 3 is 2.68 bits per heavy atom. The molecule has 3 aromatic rings. The first-order valence-electron chi connectivity index (χ1n) is 11.1. The van der Waals surface area contributed by atoms with Gasteiger partial charge in [-0.15, -0.1) is 11.3 Å². The van der Waals surface area contributed by atoms with Crippen LogP contribution in [-0.2, 0) is 14.8 Å². The van der Waals surface area contributed by atoms with E-state index in [0.29, 0.717) is 4.88 Å². The van der Waals surface area contributed by atoms with Crippen molar-refractivity contribution in [3.8, 4) is 16.5 Å². The van der Waals surface area contributed by atoms with E-state index in [1.54, 1.807) is 13.0 Å². The van der Waals surface area contributed by atoms with E-state index < -0.39 is 10.0 Å². The Morgan fingerprint density at radius 1 is 1.21 bits per heavy atom. The lowest BCUT2D eigenvalue weighted by atomic mass is 10.0. The van der Waals surface area contributed by atoms with Gasteiger partial charge >= 0.3 is 0 Å². The Hall–Kier alpha value is -2.74. The third-order valence-corrected chi connectivity index (χ3v) is 8.13. The number of allylic oxidation sites excluding steroid dienone is 1. The fourth-order valence-electron chi connectivity index (χ4n) is 3.68. The highest BCUT2D eigenvalue weighted by Crippen LogP contribution is 2.33. The molecule has 1 aromatic heterocycles. The van der Waals surface area contributed by atoms with E-state index in [9.17, 15) is 13.7 Å². The molecule has 2 N–H and O–H groups in total. The van der Waals surface area contributed by atoms with E-state index in [2.05, 4.69) is 46.0 Å². The summed E-state index contributed by atoms with van der Waals surface area (Å²) in [5, 5.41) is 20.8. The molecule has 0 amide bonds. The summed E-state index contributed by atoms with van der Waals surface area (Å²) in [7, 11) is -3.94. The molecule has 7 nitrogen and oxygen atoms in total. The average Bonchev–Trinajstić information content (AvgIpc) is 3.34. The van der Waals surface area contributed by atoms with Crippen LogP contribution in [0.5, 0.6) is 0 Å². The summed E-state index contributed by atoms with van der Waals surface area (Å²) in [6.45, 7) is 4.94. The largest absolute Gasteiger partial charge is 0.396 e. The van der Waals surface area contributed by atoms with Crippen molar-refractivity contribution in [3.05, 3.63) is 58.3 Å². The zero-order chi connectivity index (χ0) is 24.1. The van der Waals surface area contributed by atoms with E-state index >= 15 is 0 Å². The summed E-state index contributed by atoms with van der Waals surface area (Å²) in [6, 6.07) is 18.3. The van der Waals surface area contributed by atoms with Gasteiger partial charge in [-0.25, -0.2) is 13.1 Å². The number of aliphatic hydroxyl groups is 1. The lowest BCUT2D eigenvalue weighted by molar-refractivity contribution is 0.122. The van der Waals surface area contributed by atoms with Crippen molar-refractivity contribution in [3.63, 3.8) is 0 Å². The molecule has 1 saturated heterocycles. The molecule has 1 unspecified atom stereocenters. The molecule has 0 radical (unpaired) electrons. The molecule has 2 aromatic carbocycles. The number of benzene rings is 2. The fraction of sp³-hybridized carbons (Fsp3) is 0.320. The lowest BCUT2D eigenvalue weighted by Gasteiger charge is -2.29. The number of ether oxygens (including phenoxy) is 1. The molecule has 178 valence electrons. The number of nitriles is 1. The van der Waals surface area contributed by atoms with Gasteiger partial charge in [-0.05, 0) is 58.7 Å². The Kier molecular flexibility index (Phi) is 7.66. The van der Waals surface area contributed by atoms with E-state index in [4.69, 9.17) is 9.84 Å². The highest BCUT2D eigenvalue weighted by atomic mass is 32.2. The van der Waals surface area contributed by atoms with Crippen LogP contribution in [0.3, 0.4) is 0 Å². The van der Waals surface area contributed by atoms with Gasteiger partial charge in [0.05, 0.1) is 13.2 Å². The quantitative estimate of drug-likeness (QED) is 0.459. The predicted molar refractivity (Wildman–Crippen MR) is 137 cm³/mol. The first-order chi connectivity index (χ1) is 16.4. The lowest BCUT2D eigenvalue weighted by Crippen LogP contribution is -2.36. The molecule has 0 aliphatic carbocycles. The van der Waals surface area contributed by atoms with Gasteiger partial charge in [0.25, 0.3) is 10.0 Å². The number of hydrogen-bond donors (Lipinski definition) is 2. The highest BCUT2D eigenvalue weighted by Gasteiger charge is 2.19. The Bertz CT molecular complexity index is 1340. The fourth-order valence-corrected chi connectivity index (χ4v) is 5.77. The van der Waals surface area contributed by atoms with Gasteiger partial charge in [-0.1, -0.05) is 25.1 Å². The van der Waals surface area contributed by atoms with Crippen LogP contribution < -0.4 is 9.62 Å². The van der Waals surface area contributed by atoms with Crippen molar-refractivity contribution in [2.24, 2.45) is 5.92 Å². The van der Waals surface area contributed by atoms with Crippen molar-refractivity contribution in [2.75, 3.05) is 44.4 Å². The normalized spacial score (nSPS) is 15.9. The summed E-state index contributed by atoms with van der Waals surface area (Å²) in [4.78, 5) is 3.64. The first kappa shape index (κ1) is 24.4. The van der Waals surface area contributed by atoms with E-state index in [1.165, 1.54) is 23.1 Å². The molecule has 1 aliphatic heterocycles. The SMILES string of the molecule is CC(CO)CNS(=O)(=O)/C(C#N)=C/c1ccc(-c2ccc3cc(N4CCOCC4)ccc3c2)s1. The van der Waals surface area contributed by atoms with Gasteiger partial charge in [0.15, 0.2) is 4.91 Å². The molecule has 1 fully saturated rings. The van der Waals surface area contributed by atoms with E-state index in [1.807, 2.05) is 12.1 Å². The first-order valence-corrected chi connectivity index (χ1v) is 13.4. The number of anilines is 1. The van der Waals surface area contributed by atoms with Crippen LogP contribution >= 0.6 is 11.3 Å². The van der Waals surface area contributed by atoms with Crippen LogP contribution in [0.1, 0.15) is 11.8 Å². The monoisotopic (exact) mass is 497 g/mol. The van der Waals surface area contributed by atoms with Crippen LogP contribution in [-0.4, -0.2) is 53.0 Å². The van der Waals surface area contributed by atoms with Crippen LogP contribution in [0.15, 0.2) is 53.4 Å². The second-order valence-electron chi connectivity index (χ2n) is 8.31. The van der Waals surface area contributed by atoms with Crippen molar-refractivity contribution in [1.82, 2.24) is 4.72 Å². The molecular formula is C25H27N3O4S2. The smallest absolute Gasteiger partial charge is 0.250 e. The highest BCUT2D eigenvalue weighted by molar-refractivity contribution is 7.93. The van der Waals surface area contributed by atoms with E-state index in [-0.39, 0.29) is 24.0 Å². The Balaban J connectivity index is 1.54. The number of rotatable bonds is 8. The number of aliphatic hydroxyl groups excluding tert-OH is 1. The molecule has 1 atom stereocenters. The maximum Gasteiger partial charge on any atom is 0.250 e. The topological polar surface area (TPSA) is 103 Å². The van der Waals surface area contributed by atoms with Crippen LogP contribution in [0.25, 0.3) is 27.3 Å². The second-order valence-corrected chi connectivity index (χ2v) is 11.2. The summed E-state index contributed by atoms with van der Waals surface area (Å²) < 4.78 is 32.8. The third-order valence-electron chi connectivity index (χ3n) is 5.72. The maximum absolute atomic E-state index is 12.5. The average molecular weight is 498 g/mol. The van der Waals surface area contributed by atoms with Crippen LogP contribution in [0, 0.1) is 17.2 Å². The molecule has 2 heterocycles.